The fourth-order valence-electron chi connectivity index (χ4n) is 3.39. The Hall–Kier alpha value is -3.03. The molecule has 4 aromatic rings. The molecule has 0 aliphatic rings. The number of amides is 1. The Balaban J connectivity index is 1.74. The molecule has 1 N–H and O–H groups in total. The van der Waals surface area contributed by atoms with Gasteiger partial charge in [0, 0.05) is 26.9 Å². The van der Waals surface area contributed by atoms with E-state index in [1.54, 1.807) is 49.4 Å². The minimum Gasteiger partial charge on any atom is -0.324 e. The van der Waals surface area contributed by atoms with Gasteiger partial charge in [0.05, 0.1) is 16.8 Å². The lowest BCUT2D eigenvalue weighted by atomic mass is 10.1. The monoisotopic (exact) mass is 460 g/mol. The first-order valence-electron chi connectivity index (χ1n) is 9.29. The second-order valence-electron chi connectivity index (χ2n) is 6.91. The summed E-state index contributed by atoms with van der Waals surface area (Å²) in [6, 6.07) is 15.0. The van der Waals surface area contributed by atoms with Gasteiger partial charge in [-0.2, -0.15) is 5.10 Å². The first-order chi connectivity index (χ1) is 14.8. The number of aromatic nitrogens is 3. The molecule has 0 fully saturated rings. The topological polar surface area (TPSA) is 59.8 Å². The molecule has 2 heterocycles. The Kier molecular flexibility index (Phi) is 5.89. The number of hydrogen-bond donors (Lipinski definition) is 1. The predicted molar refractivity (Wildman–Crippen MR) is 118 cm³/mol. The average molecular weight is 461 g/mol. The number of hydrogen-bond acceptors (Lipinski definition) is 3. The third kappa shape index (κ3) is 4.52. The zero-order valence-electron chi connectivity index (χ0n) is 16.2. The third-order valence-electron chi connectivity index (χ3n) is 4.65. The molecule has 31 heavy (non-hydrogen) atoms. The van der Waals surface area contributed by atoms with E-state index in [4.69, 9.17) is 23.2 Å². The van der Waals surface area contributed by atoms with E-state index in [0.717, 1.165) is 0 Å². The van der Waals surface area contributed by atoms with Crippen molar-refractivity contribution in [3.05, 3.63) is 75.9 Å². The van der Waals surface area contributed by atoms with Crippen molar-refractivity contribution < 1.29 is 13.6 Å². The van der Waals surface area contributed by atoms with Gasteiger partial charge >= 0.3 is 0 Å². The molecule has 2 aromatic heterocycles. The average Bonchev–Trinajstić information content (AvgIpc) is 3.02. The number of carbonyl (C=O) groups excluding carboxylic acids is 1. The number of pyridine rings is 1. The number of aryl methyl sites for hydroxylation is 1. The SMILES string of the molecule is Cc1nn(CC(=O)Nc2cc(Cl)cc(Cl)c2)c2nc(-c3ccccc3)cc(C(F)F)c12. The maximum absolute atomic E-state index is 13.8. The molecule has 158 valence electrons. The van der Waals surface area contributed by atoms with Crippen molar-refractivity contribution >= 4 is 45.8 Å². The van der Waals surface area contributed by atoms with Crippen molar-refractivity contribution in [3.63, 3.8) is 0 Å². The molecule has 1 amide bonds. The summed E-state index contributed by atoms with van der Waals surface area (Å²) in [7, 11) is 0. The summed E-state index contributed by atoms with van der Waals surface area (Å²) >= 11 is 11.9. The van der Waals surface area contributed by atoms with Crippen LogP contribution in [0, 0.1) is 6.92 Å². The summed E-state index contributed by atoms with van der Waals surface area (Å²) in [6.45, 7) is 1.39. The van der Waals surface area contributed by atoms with Crippen LogP contribution in [0.15, 0.2) is 54.6 Å². The minimum absolute atomic E-state index is 0.172. The van der Waals surface area contributed by atoms with Crippen molar-refractivity contribution in [2.24, 2.45) is 0 Å². The van der Waals surface area contributed by atoms with E-state index in [9.17, 15) is 13.6 Å². The zero-order chi connectivity index (χ0) is 22.1. The van der Waals surface area contributed by atoms with Crippen LogP contribution >= 0.6 is 23.2 Å². The molecule has 0 saturated carbocycles. The van der Waals surface area contributed by atoms with Gasteiger partial charge in [-0.3, -0.25) is 4.79 Å². The second kappa shape index (κ2) is 8.61. The van der Waals surface area contributed by atoms with Gasteiger partial charge in [-0.1, -0.05) is 53.5 Å². The lowest BCUT2D eigenvalue weighted by Gasteiger charge is -2.09. The molecular weight excluding hydrogens is 445 g/mol. The standard InChI is InChI=1S/C22H16Cl2F2N4O/c1-12-20-17(21(25)26)10-18(13-5-3-2-4-6-13)28-22(20)30(29-12)11-19(31)27-16-8-14(23)7-15(24)9-16/h2-10,21H,11H2,1H3,(H,27,31). The number of rotatable bonds is 5. The lowest BCUT2D eigenvalue weighted by Crippen LogP contribution is -2.20. The van der Waals surface area contributed by atoms with Crippen LogP contribution in [0.1, 0.15) is 17.7 Å². The van der Waals surface area contributed by atoms with E-state index in [1.807, 2.05) is 6.07 Å². The number of anilines is 1. The van der Waals surface area contributed by atoms with E-state index in [2.05, 4.69) is 15.4 Å². The number of fused-ring (bicyclic) bond motifs is 1. The smallest absolute Gasteiger partial charge is 0.264 e. The predicted octanol–water partition coefficient (Wildman–Crippen LogP) is 6.29. The van der Waals surface area contributed by atoms with Crippen molar-refractivity contribution in [1.29, 1.82) is 0 Å². The van der Waals surface area contributed by atoms with Crippen LogP contribution in [0.3, 0.4) is 0 Å². The fourth-order valence-corrected chi connectivity index (χ4v) is 3.91. The van der Waals surface area contributed by atoms with Gasteiger partial charge in [0.1, 0.15) is 6.54 Å². The molecule has 0 aliphatic heterocycles. The van der Waals surface area contributed by atoms with Crippen molar-refractivity contribution in [1.82, 2.24) is 14.8 Å². The lowest BCUT2D eigenvalue weighted by molar-refractivity contribution is -0.116. The summed E-state index contributed by atoms with van der Waals surface area (Å²) in [6.07, 6.45) is -2.72. The van der Waals surface area contributed by atoms with Crippen LogP contribution in [-0.4, -0.2) is 20.7 Å². The maximum Gasteiger partial charge on any atom is 0.264 e. The Bertz CT molecular complexity index is 1260. The van der Waals surface area contributed by atoms with Gasteiger partial charge in [0.15, 0.2) is 5.65 Å². The highest BCUT2D eigenvalue weighted by atomic mass is 35.5. The number of carbonyl (C=O) groups is 1. The number of halogens is 4. The molecular formula is C22H16Cl2F2N4O. The molecule has 5 nitrogen and oxygen atoms in total. The third-order valence-corrected chi connectivity index (χ3v) is 5.09. The highest BCUT2D eigenvalue weighted by Gasteiger charge is 2.22. The first kappa shape index (κ1) is 21.2. The van der Waals surface area contributed by atoms with Gasteiger partial charge in [0.25, 0.3) is 6.43 Å². The van der Waals surface area contributed by atoms with Crippen LogP contribution in [0.25, 0.3) is 22.3 Å². The molecule has 2 aromatic carbocycles. The largest absolute Gasteiger partial charge is 0.324 e. The van der Waals surface area contributed by atoms with Crippen molar-refractivity contribution in [3.8, 4) is 11.3 Å². The molecule has 0 saturated heterocycles. The van der Waals surface area contributed by atoms with Crippen molar-refractivity contribution in [2.45, 2.75) is 19.9 Å². The molecule has 0 radical (unpaired) electrons. The van der Waals surface area contributed by atoms with E-state index in [-0.39, 0.29) is 23.1 Å². The fraction of sp³-hybridized carbons (Fsp3) is 0.136. The molecule has 0 bridgehead atoms. The molecule has 0 spiro atoms. The minimum atomic E-state index is -2.72. The van der Waals surface area contributed by atoms with Gasteiger partial charge in [-0.25, -0.2) is 18.4 Å². The molecule has 9 heteroatoms. The summed E-state index contributed by atoms with van der Waals surface area (Å²) in [5, 5.41) is 7.97. The van der Waals surface area contributed by atoms with E-state index in [0.29, 0.717) is 32.7 Å². The summed E-state index contributed by atoms with van der Waals surface area (Å²) < 4.78 is 29.0. The Morgan fingerprint density at radius 2 is 1.77 bits per heavy atom. The molecule has 0 atom stereocenters. The quantitative estimate of drug-likeness (QED) is 0.380. The van der Waals surface area contributed by atoms with Crippen LogP contribution < -0.4 is 5.32 Å². The first-order valence-corrected chi connectivity index (χ1v) is 10.0. The van der Waals surface area contributed by atoms with Crippen LogP contribution in [0.5, 0.6) is 0 Å². The van der Waals surface area contributed by atoms with Crippen LogP contribution in [0.2, 0.25) is 10.0 Å². The number of nitrogens with one attached hydrogen (secondary N) is 1. The number of nitrogens with zero attached hydrogens (tertiary/aromatic N) is 3. The van der Waals surface area contributed by atoms with E-state index < -0.39 is 12.3 Å². The molecule has 0 unspecified atom stereocenters. The highest BCUT2D eigenvalue weighted by Crippen LogP contribution is 2.33. The van der Waals surface area contributed by atoms with E-state index in [1.165, 1.54) is 10.7 Å². The Labute approximate surface area is 186 Å². The maximum atomic E-state index is 13.8. The Morgan fingerprint density at radius 1 is 1.10 bits per heavy atom. The number of benzene rings is 2. The van der Waals surface area contributed by atoms with Crippen molar-refractivity contribution in [2.75, 3.05) is 5.32 Å². The molecule has 4 rings (SSSR count). The van der Waals surface area contributed by atoms with Gasteiger partial charge < -0.3 is 5.32 Å². The van der Waals surface area contributed by atoms with Gasteiger partial charge in [-0.15, -0.1) is 0 Å². The summed E-state index contributed by atoms with van der Waals surface area (Å²) in [5.74, 6) is -0.423. The summed E-state index contributed by atoms with van der Waals surface area (Å²) in [5.41, 5.74) is 1.90. The van der Waals surface area contributed by atoms with E-state index >= 15 is 0 Å². The zero-order valence-corrected chi connectivity index (χ0v) is 17.8. The van der Waals surface area contributed by atoms with Gasteiger partial charge in [-0.05, 0) is 31.2 Å². The molecule has 0 aliphatic carbocycles. The van der Waals surface area contributed by atoms with Crippen LogP contribution in [-0.2, 0) is 11.3 Å². The van der Waals surface area contributed by atoms with Gasteiger partial charge in [0.2, 0.25) is 5.91 Å². The normalized spacial score (nSPS) is 11.3. The number of alkyl halides is 2. The Morgan fingerprint density at radius 3 is 2.42 bits per heavy atom. The second-order valence-corrected chi connectivity index (χ2v) is 7.78. The summed E-state index contributed by atoms with van der Waals surface area (Å²) in [4.78, 5) is 17.1. The highest BCUT2D eigenvalue weighted by molar-refractivity contribution is 6.35. The van der Waals surface area contributed by atoms with Crippen LogP contribution in [0.4, 0.5) is 14.5 Å².